The molecule has 1 aliphatic rings. The van der Waals surface area contributed by atoms with Gasteiger partial charge in [0.05, 0.1) is 31.0 Å². The second kappa shape index (κ2) is 10.8. The summed E-state index contributed by atoms with van der Waals surface area (Å²) in [5.74, 6) is 0.786. The summed E-state index contributed by atoms with van der Waals surface area (Å²) in [5.41, 5.74) is 4.31. The molecule has 0 saturated carbocycles. The first-order chi connectivity index (χ1) is 17.0. The molecule has 0 aromatic heterocycles. The maximum Gasteiger partial charge on any atom is 0.338 e. The summed E-state index contributed by atoms with van der Waals surface area (Å²) in [6.07, 6.45) is 0. The first-order valence-corrected chi connectivity index (χ1v) is 11.4. The van der Waals surface area contributed by atoms with Crippen LogP contribution in [0.15, 0.2) is 78.4 Å². The van der Waals surface area contributed by atoms with Gasteiger partial charge in [-0.3, -0.25) is 0 Å². The zero-order valence-electron chi connectivity index (χ0n) is 20.0. The number of nitrogens with one attached hydrogen (secondary N) is 2. The van der Waals surface area contributed by atoms with E-state index in [1.165, 1.54) is 5.56 Å². The number of carbonyl (C=O) groups excluding carboxylic acids is 2. The molecule has 1 heterocycles. The normalized spacial score (nSPS) is 15.2. The maximum atomic E-state index is 13.1. The average Bonchev–Trinajstić information content (AvgIpc) is 2.88. The smallest absolute Gasteiger partial charge is 0.338 e. The van der Waals surface area contributed by atoms with Gasteiger partial charge in [0.25, 0.3) is 0 Å². The van der Waals surface area contributed by atoms with Gasteiger partial charge in [-0.15, -0.1) is 0 Å². The van der Waals surface area contributed by atoms with Crippen LogP contribution in [0.5, 0.6) is 11.5 Å². The number of rotatable bonds is 8. The third-order valence-electron chi connectivity index (χ3n) is 5.66. The molecule has 3 aromatic carbocycles. The minimum Gasteiger partial charge on any atom is -0.497 e. The van der Waals surface area contributed by atoms with E-state index in [0.29, 0.717) is 40.5 Å². The van der Waals surface area contributed by atoms with Crippen molar-refractivity contribution >= 4 is 17.7 Å². The Morgan fingerprint density at radius 3 is 2.40 bits per heavy atom. The number of amides is 2. The van der Waals surface area contributed by atoms with Gasteiger partial charge < -0.3 is 24.8 Å². The molecule has 1 aliphatic heterocycles. The second-order valence-electron chi connectivity index (χ2n) is 8.12. The Labute approximate surface area is 204 Å². The molecule has 0 aliphatic carbocycles. The molecule has 2 amide bonds. The van der Waals surface area contributed by atoms with Crippen molar-refractivity contribution in [1.82, 2.24) is 10.6 Å². The first-order valence-electron chi connectivity index (χ1n) is 11.4. The van der Waals surface area contributed by atoms with E-state index in [0.717, 1.165) is 5.56 Å². The van der Waals surface area contributed by atoms with Crippen LogP contribution in [0.25, 0.3) is 5.70 Å². The fourth-order valence-electron chi connectivity index (χ4n) is 3.86. The predicted octanol–water partition coefficient (Wildman–Crippen LogP) is 4.91. The third kappa shape index (κ3) is 5.63. The summed E-state index contributed by atoms with van der Waals surface area (Å²) in [4.78, 5) is 25.7. The van der Waals surface area contributed by atoms with Gasteiger partial charge in [-0.1, -0.05) is 42.0 Å². The molecule has 7 nitrogen and oxygen atoms in total. The van der Waals surface area contributed by atoms with E-state index in [4.69, 9.17) is 14.2 Å². The molecule has 2 N–H and O–H groups in total. The van der Waals surface area contributed by atoms with Crippen LogP contribution in [-0.2, 0) is 16.1 Å². The van der Waals surface area contributed by atoms with Crippen LogP contribution in [-0.4, -0.2) is 25.7 Å². The molecule has 0 spiro atoms. The van der Waals surface area contributed by atoms with Crippen LogP contribution in [0.4, 0.5) is 4.79 Å². The van der Waals surface area contributed by atoms with Gasteiger partial charge in [-0.25, -0.2) is 9.59 Å². The molecule has 35 heavy (non-hydrogen) atoms. The van der Waals surface area contributed by atoms with Gasteiger partial charge in [0.2, 0.25) is 0 Å². The summed E-state index contributed by atoms with van der Waals surface area (Å²) < 4.78 is 16.6. The fraction of sp³-hybridized carbons (Fsp3) is 0.214. The maximum absolute atomic E-state index is 13.1. The average molecular weight is 473 g/mol. The minimum absolute atomic E-state index is 0.207. The van der Waals surface area contributed by atoms with Crippen LogP contribution in [0, 0.1) is 6.92 Å². The van der Waals surface area contributed by atoms with Crippen molar-refractivity contribution in [2.24, 2.45) is 0 Å². The van der Waals surface area contributed by atoms with Crippen molar-refractivity contribution in [1.29, 1.82) is 0 Å². The third-order valence-corrected chi connectivity index (χ3v) is 5.66. The van der Waals surface area contributed by atoms with E-state index in [1.54, 1.807) is 38.3 Å². The monoisotopic (exact) mass is 472 g/mol. The predicted molar refractivity (Wildman–Crippen MR) is 133 cm³/mol. The van der Waals surface area contributed by atoms with Crippen molar-refractivity contribution in [3.8, 4) is 11.5 Å². The van der Waals surface area contributed by atoms with E-state index in [-0.39, 0.29) is 6.61 Å². The molecule has 0 saturated heterocycles. The van der Waals surface area contributed by atoms with Crippen molar-refractivity contribution in [2.45, 2.75) is 26.5 Å². The lowest BCUT2D eigenvalue weighted by Gasteiger charge is -2.29. The van der Waals surface area contributed by atoms with Crippen molar-refractivity contribution in [3.05, 3.63) is 101 Å². The number of hydrogen-bond acceptors (Lipinski definition) is 5. The van der Waals surface area contributed by atoms with Crippen LogP contribution in [0.1, 0.15) is 35.2 Å². The molecule has 3 aromatic rings. The van der Waals surface area contributed by atoms with Gasteiger partial charge in [-0.2, -0.15) is 0 Å². The number of methoxy groups -OCH3 is 1. The van der Waals surface area contributed by atoms with Gasteiger partial charge in [0, 0.05) is 0 Å². The van der Waals surface area contributed by atoms with E-state index in [2.05, 4.69) is 10.6 Å². The number of urea groups is 1. The molecule has 180 valence electrons. The zero-order chi connectivity index (χ0) is 24.8. The summed E-state index contributed by atoms with van der Waals surface area (Å²) in [7, 11) is 1.58. The number of ether oxygens (including phenoxy) is 3. The Kier molecular flexibility index (Phi) is 7.35. The van der Waals surface area contributed by atoms with Gasteiger partial charge in [0.1, 0.15) is 18.1 Å². The van der Waals surface area contributed by atoms with Crippen molar-refractivity contribution in [3.63, 3.8) is 0 Å². The number of carbonyl (C=O) groups is 2. The van der Waals surface area contributed by atoms with Crippen LogP contribution in [0.3, 0.4) is 0 Å². The standard InChI is InChI=1S/C28H28N2O5/c1-4-34-27(31)24-25(20-12-14-22(33-3)15-13-20)29-28(32)30-26(24)21-6-5-7-23(16-21)35-17-19-10-8-18(2)9-11-19/h5-16,26H,4,17H2,1-3H3,(H2,29,30,32). The lowest BCUT2D eigenvalue weighted by Crippen LogP contribution is -2.45. The van der Waals surface area contributed by atoms with E-state index in [1.807, 2.05) is 55.5 Å². The number of aryl methyl sites for hydroxylation is 1. The number of benzene rings is 3. The molecule has 0 bridgehead atoms. The van der Waals surface area contributed by atoms with E-state index >= 15 is 0 Å². The van der Waals surface area contributed by atoms with Gasteiger partial charge in [0.15, 0.2) is 0 Å². The van der Waals surface area contributed by atoms with Crippen LogP contribution in [0.2, 0.25) is 0 Å². The Balaban J connectivity index is 1.69. The van der Waals surface area contributed by atoms with Gasteiger partial charge in [-0.05, 0) is 66.9 Å². The summed E-state index contributed by atoms with van der Waals surface area (Å²) in [6, 6.07) is 21.5. The summed E-state index contributed by atoms with van der Waals surface area (Å²) in [5, 5.41) is 5.64. The lowest BCUT2D eigenvalue weighted by atomic mass is 9.92. The van der Waals surface area contributed by atoms with Gasteiger partial charge >= 0.3 is 12.0 Å². The molecule has 0 radical (unpaired) electrons. The highest BCUT2D eigenvalue weighted by atomic mass is 16.5. The Hall–Kier alpha value is -4.26. The molecular formula is C28H28N2O5. The molecule has 1 atom stereocenters. The van der Waals surface area contributed by atoms with Crippen LogP contribution < -0.4 is 20.1 Å². The SMILES string of the molecule is CCOC(=O)C1=C(c2ccc(OC)cc2)NC(=O)NC1c1cccc(OCc2ccc(C)cc2)c1. The largest absolute Gasteiger partial charge is 0.497 e. The summed E-state index contributed by atoms with van der Waals surface area (Å²) >= 11 is 0. The highest BCUT2D eigenvalue weighted by Gasteiger charge is 2.34. The highest BCUT2D eigenvalue weighted by Crippen LogP contribution is 2.34. The highest BCUT2D eigenvalue weighted by molar-refractivity contribution is 6.04. The fourth-order valence-corrected chi connectivity index (χ4v) is 3.86. The molecule has 4 rings (SSSR count). The number of esters is 1. The molecule has 0 fully saturated rings. The Morgan fingerprint density at radius 1 is 0.971 bits per heavy atom. The van der Waals surface area contributed by atoms with Crippen molar-refractivity contribution in [2.75, 3.05) is 13.7 Å². The molecule has 7 heteroatoms. The van der Waals surface area contributed by atoms with E-state index < -0.39 is 18.0 Å². The number of hydrogen-bond donors (Lipinski definition) is 2. The summed E-state index contributed by atoms with van der Waals surface area (Å²) in [6.45, 7) is 4.39. The van der Waals surface area contributed by atoms with Crippen molar-refractivity contribution < 1.29 is 23.8 Å². The quantitative estimate of drug-likeness (QED) is 0.455. The van der Waals surface area contributed by atoms with Crippen LogP contribution >= 0.6 is 0 Å². The molecular weight excluding hydrogens is 444 g/mol. The topological polar surface area (TPSA) is 85.9 Å². The Morgan fingerprint density at radius 2 is 1.71 bits per heavy atom. The second-order valence-corrected chi connectivity index (χ2v) is 8.12. The minimum atomic E-state index is -0.720. The zero-order valence-corrected chi connectivity index (χ0v) is 20.0. The lowest BCUT2D eigenvalue weighted by molar-refractivity contribution is -0.138. The Bertz CT molecular complexity index is 1230. The van der Waals surface area contributed by atoms with E-state index in [9.17, 15) is 9.59 Å². The first kappa shape index (κ1) is 23.9. The molecule has 1 unspecified atom stereocenters.